The summed E-state index contributed by atoms with van der Waals surface area (Å²) in [6.07, 6.45) is 1.28. The van der Waals surface area contributed by atoms with Gasteiger partial charge < -0.3 is 15.7 Å². The fourth-order valence-corrected chi connectivity index (χ4v) is 1.90. The van der Waals surface area contributed by atoms with Gasteiger partial charge in [-0.15, -0.1) is 0 Å². The van der Waals surface area contributed by atoms with Gasteiger partial charge in [0.1, 0.15) is 22.9 Å². The van der Waals surface area contributed by atoms with Gasteiger partial charge >= 0.3 is 12.0 Å². The molecule has 1 aliphatic rings. The summed E-state index contributed by atoms with van der Waals surface area (Å²) in [4.78, 5) is 22.6. The van der Waals surface area contributed by atoms with Crippen LogP contribution in [0, 0.1) is 11.6 Å². The van der Waals surface area contributed by atoms with Crippen molar-refractivity contribution in [1.82, 2.24) is 5.32 Å². The molecule has 2 rings (SSSR count). The first-order valence-electron chi connectivity index (χ1n) is 5.71. The minimum Gasteiger partial charge on any atom is -0.480 e. The summed E-state index contributed by atoms with van der Waals surface area (Å²) in [6, 6.07) is 2.22. The molecule has 0 unspecified atom stereocenters. The molecule has 0 aliphatic heterocycles. The van der Waals surface area contributed by atoms with Crippen LogP contribution >= 0.6 is 0 Å². The van der Waals surface area contributed by atoms with Crippen LogP contribution in [-0.4, -0.2) is 22.6 Å². The van der Waals surface area contributed by atoms with Crippen molar-refractivity contribution in [2.75, 3.05) is 5.32 Å². The molecule has 1 aromatic carbocycles. The van der Waals surface area contributed by atoms with E-state index in [4.69, 9.17) is 5.11 Å². The van der Waals surface area contributed by atoms with Gasteiger partial charge in [0.15, 0.2) is 0 Å². The third-order valence-electron chi connectivity index (χ3n) is 3.17. The number of nitrogens with one attached hydrogen (secondary N) is 2. The number of carbonyl (C=O) groups is 2. The second-order valence-electron chi connectivity index (χ2n) is 4.42. The number of para-hydroxylation sites is 1. The lowest BCUT2D eigenvalue weighted by Crippen LogP contribution is -2.60. The van der Waals surface area contributed by atoms with Crippen molar-refractivity contribution in [1.29, 1.82) is 0 Å². The summed E-state index contributed by atoms with van der Waals surface area (Å²) in [6.45, 7) is 0. The predicted octanol–water partition coefficient (Wildman–Crippen LogP) is 2.09. The van der Waals surface area contributed by atoms with Crippen molar-refractivity contribution < 1.29 is 23.5 Å². The Morgan fingerprint density at radius 1 is 1.21 bits per heavy atom. The minimum atomic E-state index is -1.33. The van der Waals surface area contributed by atoms with Gasteiger partial charge in [-0.3, -0.25) is 0 Å². The quantitative estimate of drug-likeness (QED) is 0.787. The molecule has 0 saturated heterocycles. The topological polar surface area (TPSA) is 78.4 Å². The molecular formula is C12H12F2N2O3. The highest BCUT2D eigenvalue weighted by atomic mass is 19.1. The molecule has 0 bridgehead atoms. The largest absolute Gasteiger partial charge is 0.480 e. The van der Waals surface area contributed by atoms with Gasteiger partial charge in [-0.2, -0.15) is 0 Å². The Balaban J connectivity index is 2.08. The van der Waals surface area contributed by atoms with Gasteiger partial charge in [0, 0.05) is 0 Å². The molecule has 0 heterocycles. The maximum Gasteiger partial charge on any atom is 0.329 e. The molecule has 0 aromatic heterocycles. The predicted molar refractivity (Wildman–Crippen MR) is 62.7 cm³/mol. The van der Waals surface area contributed by atoms with Crippen LogP contribution < -0.4 is 10.6 Å². The van der Waals surface area contributed by atoms with E-state index < -0.39 is 34.9 Å². The van der Waals surface area contributed by atoms with Crippen LogP contribution in [-0.2, 0) is 4.79 Å². The van der Waals surface area contributed by atoms with E-state index in [2.05, 4.69) is 5.32 Å². The third-order valence-corrected chi connectivity index (χ3v) is 3.17. The Bertz CT molecular complexity index is 509. The van der Waals surface area contributed by atoms with Crippen molar-refractivity contribution in [3.8, 4) is 0 Å². The zero-order chi connectivity index (χ0) is 14.0. The van der Waals surface area contributed by atoms with Gasteiger partial charge in [-0.05, 0) is 31.4 Å². The number of aliphatic carboxylic acids is 1. The first-order chi connectivity index (χ1) is 8.94. The molecule has 2 amide bonds. The number of anilines is 1. The second-order valence-corrected chi connectivity index (χ2v) is 4.42. The molecule has 7 heteroatoms. The molecule has 5 nitrogen and oxygen atoms in total. The Kier molecular flexibility index (Phi) is 3.37. The summed E-state index contributed by atoms with van der Waals surface area (Å²) in [5.74, 6) is -3.00. The number of benzene rings is 1. The van der Waals surface area contributed by atoms with Gasteiger partial charge in [0.25, 0.3) is 0 Å². The zero-order valence-corrected chi connectivity index (χ0v) is 9.87. The lowest BCUT2D eigenvalue weighted by atomic mass is 9.77. The number of carboxylic acids is 1. The van der Waals surface area contributed by atoms with Crippen molar-refractivity contribution in [3.05, 3.63) is 29.8 Å². The average Bonchev–Trinajstić information content (AvgIpc) is 2.28. The normalized spacial score (nSPS) is 16.3. The fraction of sp³-hybridized carbons (Fsp3) is 0.333. The highest BCUT2D eigenvalue weighted by Crippen LogP contribution is 2.32. The summed E-state index contributed by atoms with van der Waals surface area (Å²) in [5.41, 5.74) is -1.92. The van der Waals surface area contributed by atoms with E-state index in [0.29, 0.717) is 19.3 Å². The van der Waals surface area contributed by atoms with Crippen molar-refractivity contribution in [2.24, 2.45) is 0 Å². The summed E-state index contributed by atoms with van der Waals surface area (Å²) in [5, 5.41) is 13.3. The van der Waals surface area contributed by atoms with Gasteiger partial charge in [-0.1, -0.05) is 6.07 Å². The Labute approximate surface area is 107 Å². The standard InChI is InChI=1S/C12H12F2N2O3/c13-7-3-1-4-8(14)9(7)15-11(19)16-12(10(17)18)5-2-6-12/h1,3-4H,2,5-6H2,(H,17,18)(H2,15,16,19). The monoisotopic (exact) mass is 270 g/mol. The molecule has 0 radical (unpaired) electrons. The Morgan fingerprint density at radius 3 is 2.21 bits per heavy atom. The van der Waals surface area contributed by atoms with E-state index in [1.807, 2.05) is 5.32 Å². The maximum atomic E-state index is 13.3. The maximum absolute atomic E-state index is 13.3. The highest BCUT2D eigenvalue weighted by Gasteiger charge is 2.45. The number of hydrogen-bond acceptors (Lipinski definition) is 2. The smallest absolute Gasteiger partial charge is 0.329 e. The molecule has 1 aliphatic carbocycles. The van der Waals surface area contributed by atoms with Crippen LogP contribution in [0.3, 0.4) is 0 Å². The molecule has 0 spiro atoms. The second kappa shape index (κ2) is 4.83. The van der Waals surface area contributed by atoms with Crippen LogP contribution in [0.25, 0.3) is 0 Å². The first-order valence-corrected chi connectivity index (χ1v) is 5.71. The summed E-state index contributed by atoms with van der Waals surface area (Å²) >= 11 is 0. The minimum absolute atomic E-state index is 0.301. The van der Waals surface area contributed by atoms with Gasteiger partial charge in [0.2, 0.25) is 0 Å². The summed E-state index contributed by atoms with van der Waals surface area (Å²) in [7, 11) is 0. The molecule has 1 fully saturated rings. The van der Waals surface area contributed by atoms with Crippen LogP contribution in [0.4, 0.5) is 19.3 Å². The van der Waals surface area contributed by atoms with Crippen molar-refractivity contribution in [3.63, 3.8) is 0 Å². The van der Waals surface area contributed by atoms with E-state index in [1.54, 1.807) is 0 Å². The third kappa shape index (κ3) is 2.49. The average molecular weight is 270 g/mol. The fourth-order valence-electron chi connectivity index (χ4n) is 1.90. The van der Waals surface area contributed by atoms with E-state index in [9.17, 15) is 18.4 Å². The van der Waals surface area contributed by atoms with E-state index >= 15 is 0 Å². The number of urea groups is 1. The van der Waals surface area contributed by atoms with E-state index in [1.165, 1.54) is 6.07 Å². The van der Waals surface area contributed by atoms with E-state index in [0.717, 1.165) is 12.1 Å². The number of carboxylic acid groups (broad SMARTS) is 1. The summed E-state index contributed by atoms with van der Waals surface area (Å²) < 4.78 is 26.6. The lowest BCUT2D eigenvalue weighted by molar-refractivity contribution is -0.148. The van der Waals surface area contributed by atoms with Crippen molar-refractivity contribution in [2.45, 2.75) is 24.8 Å². The number of carbonyl (C=O) groups excluding carboxylic acids is 1. The first kappa shape index (κ1) is 13.3. The number of hydrogen-bond donors (Lipinski definition) is 3. The molecule has 1 saturated carbocycles. The Morgan fingerprint density at radius 2 is 1.79 bits per heavy atom. The molecular weight excluding hydrogens is 258 g/mol. The number of halogens is 2. The van der Waals surface area contributed by atoms with Crippen molar-refractivity contribution >= 4 is 17.7 Å². The van der Waals surface area contributed by atoms with Crippen LogP contribution in [0.1, 0.15) is 19.3 Å². The van der Waals surface area contributed by atoms with Crippen LogP contribution in [0.5, 0.6) is 0 Å². The number of amides is 2. The molecule has 1 aromatic rings. The van der Waals surface area contributed by atoms with E-state index in [-0.39, 0.29) is 0 Å². The van der Waals surface area contributed by atoms with Gasteiger partial charge in [0.05, 0.1) is 0 Å². The number of rotatable bonds is 3. The molecule has 3 N–H and O–H groups in total. The highest BCUT2D eigenvalue weighted by molar-refractivity contribution is 5.94. The molecule has 102 valence electrons. The van der Waals surface area contributed by atoms with Gasteiger partial charge in [-0.25, -0.2) is 18.4 Å². The Hall–Kier alpha value is -2.18. The SMILES string of the molecule is O=C(Nc1c(F)cccc1F)NC1(C(=O)O)CCC1. The zero-order valence-electron chi connectivity index (χ0n) is 9.87. The molecule has 0 atom stereocenters. The lowest BCUT2D eigenvalue weighted by Gasteiger charge is -2.38. The molecule has 19 heavy (non-hydrogen) atoms. The van der Waals surface area contributed by atoms with Crippen LogP contribution in [0.2, 0.25) is 0 Å². The van der Waals surface area contributed by atoms with Crippen LogP contribution in [0.15, 0.2) is 18.2 Å².